The number of likely N-dealkylation sites (N-methyl/N-ethyl adjacent to an activating group) is 1. The van der Waals surface area contributed by atoms with Crippen molar-refractivity contribution in [2.45, 2.75) is 341 Å². The minimum atomic E-state index is -4.65. The number of ether oxygens (including phenoxy) is 2. The van der Waals surface area contributed by atoms with E-state index in [0.717, 1.165) is 109 Å². The number of nitrogens with zero attached hydrogens (tertiary/aromatic N) is 1. The van der Waals surface area contributed by atoms with Gasteiger partial charge in [0, 0.05) is 12.8 Å². The van der Waals surface area contributed by atoms with Crippen LogP contribution in [0.5, 0.6) is 0 Å². The smallest absolute Gasteiger partial charge is 0.306 e. The molecule has 0 N–H and O–H groups in total. The monoisotopic (exact) mass is 1330 g/mol. The van der Waals surface area contributed by atoms with Gasteiger partial charge in [0.2, 0.25) is 0 Å². The molecule has 0 saturated heterocycles. The van der Waals surface area contributed by atoms with Crippen LogP contribution >= 0.6 is 7.82 Å². The van der Waals surface area contributed by atoms with Crippen LogP contribution in [-0.2, 0) is 32.7 Å². The van der Waals surface area contributed by atoms with Gasteiger partial charge in [-0.1, -0.05) is 340 Å². The van der Waals surface area contributed by atoms with Gasteiger partial charge in [-0.15, -0.1) is 0 Å². The zero-order valence-electron chi connectivity index (χ0n) is 61.6. The Balaban J connectivity index is 4.06. The number of esters is 2. The van der Waals surface area contributed by atoms with E-state index in [4.69, 9.17) is 18.5 Å². The number of allylic oxidation sites excluding steroid dienone is 22. The number of unbranched alkanes of at least 4 members (excludes halogenated alkanes) is 35. The number of phosphoric acid groups is 1. The van der Waals surface area contributed by atoms with Gasteiger partial charge in [-0.25, -0.2) is 0 Å². The van der Waals surface area contributed by atoms with Crippen LogP contribution in [0, 0.1) is 0 Å². The summed E-state index contributed by atoms with van der Waals surface area (Å²) in [5.41, 5.74) is 0. The Kier molecular flexibility index (Phi) is 70.4. The maximum Gasteiger partial charge on any atom is 0.306 e. The van der Waals surface area contributed by atoms with E-state index < -0.39 is 26.5 Å². The lowest BCUT2D eigenvalue weighted by Crippen LogP contribution is -2.37. The molecule has 0 fully saturated rings. The summed E-state index contributed by atoms with van der Waals surface area (Å²) in [7, 11) is 1.16. The Bertz CT molecular complexity index is 2050. The minimum Gasteiger partial charge on any atom is -0.756 e. The van der Waals surface area contributed by atoms with Crippen molar-refractivity contribution in [3.05, 3.63) is 134 Å². The van der Waals surface area contributed by atoms with Gasteiger partial charge < -0.3 is 27.9 Å². The van der Waals surface area contributed by atoms with Gasteiger partial charge in [0.05, 0.1) is 27.7 Å². The van der Waals surface area contributed by atoms with Gasteiger partial charge >= 0.3 is 11.9 Å². The Hall–Kier alpha value is -3.85. The number of phosphoric ester groups is 1. The van der Waals surface area contributed by atoms with Crippen LogP contribution < -0.4 is 4.89 Å². The SMILES string of the molecule is CC/C=C\C/C=C\C/C=C\C/C=C\C/C=C\C/C=C\C/C=C\C/C=C\C/C=C\C/C=C\CCCCCCCCCCC(=O)OC(COC(=O)CCCCCCCCCCCCCCCCCCCCC/C=C\CCCCCCCCCC)COP(=O)([O-])OCC[N+](C)(C)C. The number of rotatable bonds is 71. The molecule has 0 amide bonds. The second-order valence-electron chi connectivity index (χ2n) is 27.0. The van der Waals surface area contributed by atoms with E-state index in [1.807, 2.05) is 21.1 Å². The first-order valence-electron chi connectivity index (χ1n) is 38.9. The summed E-state index contributed by atoms with van der Waals surface area (Å²) in [4.78, 5) is 38.2. The molecule has 0 aromatic rings. The van der Waals surface area contributed by atoms with Crippen molar-refractivity contribution in [2.75, 3.05) is 47.5 Å². The number of hydrogen-bond acceptors (Lipinski definition) is 8. The molecule has 540 valence electrons. The first-order valence-corrected chi connectivity index (χ1v) is 40.4. The summed E-state index contributed by atoms with van der Waals surface area (Å²) in [6.45, 7) is 4.14. The molecule has 9 nitrogen and oxygen atoms in total. The molecular formula is C84H146NO8P. The average molecular weight is 1330 g/mol. The maximum atomic E-state index is 12.9. The van der Waals surface area contributed by atoms with Crippen molar-refractivity contribution in [3.63, 3.8) is 0 Å². The number of hydrogen-bond donors (Lipinski definition) is 0. The quantitative estimate of drug-likeness (QED) is 0.0195. The van der Waals surface area contributed by atoms with Gasteiger partial charge in [-0.2, -0.15) is 0 Å². The Morgan fingerprint density at radius 2 is 0.606 bits per heavy atom. The third kappa shape index (κ3) is 77.2. The third-order valence-corrected chi connectivity index (χ3v) is 17.6. The van der Waals surface area contributed by atoms with Crippen molar-refractivity contribution in [1.29, 1.82) is 0 Å². The largest absolute Gasteiger partial charge is 0.756 e. The highest BCUT2D eigenvalue weighted by Gasteiger charge is 2.22. The molecular weight excluding hydrogens is 1180 g/mol. The van der Waals surface area contributed by atoms with Gasteiger partial charge in [0.25, 0.3) is 7.82 Å². The molecule has 0 heterocycles. The van der Waals surface area contributed by atoms with Crippen molar-refractivity contribution < 1.29 is 42.1 Å². The lowest BCUT2D eigenvalue weighted by molar-refractivity contribution is -0.870. The van der Waals surface area contributed by atoms with Gasteiger partial charge in [-0.3, -0.25) is 14.2 Å². The molecule has 0 aliphatic heterocycles. The molecule has 0 aliphatic carbocycles. The molecule has 0 spiro atoms. The first kappa shape index (κ1) is 90.2. The highest BCUT2D eigenvalue weighted by atomic mass is 31.2. The summed E-state index contributed by atoms with van der Waals surface area (Å²) in [6.07, 6.45) is 107. The van der Waals surface area contributed by atoms with Gasteiger partial charge in [-0.05, 0) is 116 Å². The normalized spacial score (nSPS) is 13.8. The first-order chi connectivity index (χ1) is 46.0. The fraction of sp³-hybridized carbons (Fsp3) is 0.714. The molecule has 0 aromatic carbocycles. The molecule has 0 bridgehead atoms. The summed E-state index contributed by atoms with van der Waals surface area (Å²) in [6, 6.07) is 0. The molecule has 0 aliphatic rings. The standard InChI is InChI=1S/C84H146NO8P/c1-6-8-10-12-14-16-18-20-22-24-26-28-30-32-34-36-38-39-40-41-42-43-44-45-47-49-51-53-55-57-59-61-63-65-67-69-71-73-75-77-84(87)93-82(81-92-94(88,89)91-79-78-85(3,4)5)80-90-83(86)76-74-72-70-68-66-64-62-60-58-56-54-52-50-48-46-37-35-33-31-29-27-25-23-21-19-17-15-13-11-9-7-2/h8,10,14,16,20,22,25-28,32,34,38-39,41-42,44-45,49,51,55,57,82H,6-7,9,11-13,15,17-19,21,23-24,29-31,33,35-37,40,43,46-48,50,52-54,56,58-81H2,1-5H3/b10-8-,16-14-,22-20-,27-25-,28-26-,34-32-,39-38-,42-41-,45-44-,51-49-,57-55-. The number of carbonyl (C=O) groups is 2. The number of carbonyl (C=O) groups excluding carboxylic acids is 2. The topological polar surface area (TPSA) is 111 Å². The van der Waals surface area contributed by atoms with Crippen LogP contribution in [0.3, 0.4) is 0 Å². The average Bonchev–Trinajstić information content (AvgIpc) is 1.56. The Morgan fingerprint density at radius 3 is 0.915 bits per heavy atom. The van der Waals surface area contributed by atoms with E-state index in [-0.39, 0.29) is 32.0 Å². The lowest BCUT2D eigenvalue weighted by Gasteiger charge is -2.28. The molecule has 2 atom stereocenters. The molecule has 0 saturated carbocycles. The van der Waals surface area contributed by atoms with Crippen molar-refractivity contribution in [2.24, 2.45) is 0 Å². The zero-order chi connectivity index (χ0) is 68.3. The van der Waals surface area contributed by atoms with E-state index in [1.54, 1.807) is 0 Å². The van der Waals surface area contributed by atoms with Crippen LogP contribution in [0.25, 0.3) is 0 Å². The van der Waals surface area contributed by atoms with Crippen LogP contribution in [0.4, 0.5) is 0 Å². The summed E-state index contributed by atoms with van der Waals surface area (Å²) >= 11 is 0. The predicted molar refractivity (Wildman–Crippen MR) is 406 cm³/mol. The van der Waals surface area contributed by atoms with E-state index >= 15 is 0 Å². The molecule has 10 heteroatoms. The summed E-state index contributed by atoms with van der Waals surface area (Å²) in [5.74, 6) is -0.838. The van der Waals surface area contributed by atoms with Crippen LogP contribution in [0.15, 0.2) is 134 Å². The fourth-order valence-electron chi connectivity index (χ4n) is 10.7. The summed E-state index contributed by atoms with van der Waals surface area (Å²) < 4.78 is 34.4. The summed E-state index contributed by atoms with van der Waals surface area (Å²) in [5, 5.41) is 0. The van der Waals surface area contributed by atoms with Crippen molar-refractivity contribution in [3.8, 4) is 0 Å². The molecule has 0 rings (SSSR count). The Labute approximate surface area is 581 Å². The second-order valence-corrected chi connectivity index (χ2v) is 28.4. The van der Waals surface area contributed by atoms with Crippen LogP contribution in [0.2, 0.25) is 0 Å². The predicted octanol–water partition coefficient (Wildman–Crippen LogP) is 25.3. The van der Waals surface area contributed by atoms with Crippen molar-refractivity contribution in [1.82, 2.24) is 0 Å². The third-order valence-electron chi connectivity index (χ3n) is 16.7. The fourth-order valence-corrected chi connectivity index (χ4v) is 11.5. The van der Waals surface area contributed by atoms with Crippen LogP contribution in [0.1, 0.15) is 335 Å². The Morgan fingerprint density at radius 1 is 0.340 bits per heavy atom. The van der Waals surface area contributed by atoms with Gasteiger partial charge in [0.15, 0.2) is 6.10 Å². The molecule has 94 heavy (non-hydrogen) atoms. The maximum absolute atomic E-state index is 12.9. The molecule has 2 unspecified atom stereocenters. The van der Waals surface area contributed by atoms with E-state index in [9.17, 15) is 19.0 Å². The van der Waals surface area contributed by atoms with E-state index in [0.29, 0.717) is 17.4 Å². The van der Waals surface area contributed by atoms with E-state index in [1.165, 1.54) is 193 Å². The molecule has 0 aromatic heterocycles. The minimum absolute atomic E-state index is 0.0371. The lowest BCUT2D eigenvalue weighted by atomic mass is 10.0. The van der Waals surface area contributed by atoms with E-state index in [2.05, 4.69) is 148 Å². The molecule has 0 radical (unpaired) electrons. The second kappa shape index (κ2) is 73.4. The highest BCUT2D eigenvalue weighted by molar-refractivity contribution is 7.45. The zero-order valence-corrected chi connectivity index (χ0v) is 62.5. The number of quaternary nitrogens is 1. The van der Waals surface area contributed by atoms with Crippen LogP contribution in [-0.4, -0.2) is 70.0 Å². The highest BCUT2D eigenvalue weighted by Crippen LogP contribution is 2.38. The van der Waals surface area contributed by atoms with Gasteiger partial charge in [0.1, 0.15) is 19.8 Å². The van der Waals surface area contributed by atoms with Crippen molar-refractivity contribution >= 4 is 19.8 Å².